The zero-order valence-electron chi connectivity index (χ0n) is 12.7. The lowest BCUT2D eigenvalue weighted by Crippen LogP contribution is -2.34. The lowest BCUT2D eigenvalue weighted by molar-refractivity contribution is 0.0735. The molecule has 1 aromatic rings. The number of hydrogen-bond acceptors (Lipinski definition) is 3. The molecule has 0 bridgehead atoms. The molecular weight excluding hydrogens is 332 g/mol. The van der Waals surface area contributed by atoms with E-state index in [1.165, 1.54) is 19.3 Å². The number of aromatic nitrogens is 1. The van der Waals surface area contributed by atoms with Crippen LogP contribution >= 0.6 is 15.9 Å². The molecule has 1 heterocycles. The number of aliphatic hydroxyl groups is 1. The molecule has 5 heteroatoms. The molecule has 1 amide bonds. The van der Waals surface area contributed by atoms with E-state index < -0.39 is 0 Å². The number of carbonyl (C=O) groups is 1. The molecule has 0 saturated carbocycles. The molecule has 0 aromatic carbocycles. The quantitative estimate of drug-likeness (QED) is 0.651. The predicted molar refractivity (Wildman–Crippen MR) is 88.3 cm³/mol. The largest absolute Gasteiger partial charge is 0.396 e. The fourth-order valence-corrected chi connectivity index (χ4v) is 2.60. The lowest BCUT2D eigenvalue weighted by Gasteiger charge is -2.22. The maximum absolute atomic E-state index is 12.5. The van der Waals surface area contributed by atoms with Gasteiger partial charge in [0.2, 0.25) is 0 Å². The second kappa shape index (κ2) is 10.7. The highest BCUT2D eigenvalue weighted by Crippen LogP contribution is 2.16. The lowest BCUT2D eigenvalue weighted by atomic mass is 10.1. The average molecular weight is 357 g/mol. The second-order valence-corrected chi connectivity index (χ2v) is 5.97. The van der Waals surface area contributed by atoms with Gasteiger partial charge in [-0.05, 0) is 40.9 Å². The van der Waals surface area contributed by atoms with E-state index in [4.69, 9.17) is 5.11 Å². The third-order valence-electron chi connectivity index (χ3n) is 3.37. The molecule has 1 aromatic heterocycles. The molecule has 0 aliphatic carbocycles. The van der Waals surface area contributed by atoms with E-state index in [0.29, 0.717) is 18.7 Å². The summed E-state index contributed by atoms with van der Waals surface area (Å²) < 4.78 is 0.718. The minimum atomic E-state index is -0.0635. The first kappa shape index (κ1) is 18.1. The zero-order chi connectivity index (χ0) is 15.5. The molecule has 1 N–H and O–H groups in total. The Labute approximate surface area is 135 Å². The molecule has 0 radical (unpaired) electrons. The number of amides is 1. The minimum Gasteiger partial charge on any atom is -0.396 e. The van der Waals surface area contributed by atoms with Crippen LogP contribution in [0.3, 0.4) is 0 Å². The molecule has 118 valence electrons. The first-order valence-corrected chi connectivity index (χ1v) is 8.50. The van der Waals surface area contributed by atoms with Gasteiger partial charge in [0.1, 0.15) is 5.69 Å². The zero-order valence-corrected chi connectivity index (χ0v) is 14.3. The van der Waals surface area contributed by atoms with Gasteiger partial charge in [0.25, 0.3) is 5.91 Å². The normalized spacial score (nSPS) is 10.6. The molecule has 0 atom stereocenters. The minimum absolute atomic E-state index is 0.0635. The van der Waals surface area contributed by atoms with Gasteiger partial charge in [-0.3, -0.25) is 4.79 Å². The number of halogens is 1. The number of unbranched alkanes of at least 4 members (excludes halogenated alkanes) is 4. The molecule has 0 unspecified atom stereocenters. The van der Waals surface area contributed by atoms with Gasteiger partial charge in [-0.15, -0.1) is 0 Å². The second-order valence-electron chi connectivity index (χ2n) is 5.12. The fraction of sp³-hybridized carbons (Fsp3) is 0.625. The summed E-state index contributed by atoms with van der Waals surface area (Å²) in [6, 6.07) is 3.62. The molecular formula is C16H25BrN2O2. The summed E-state index contributed by atoms with van der Waals surface area (Å²) in [4.78, 5) is 18.5. The number of carbonyl (C=O) groups excluding carboxylic acids is 1. The van der Waals surface area contributed by atoms with Gasteiger partial charge in [0, 0.05) is 30.4 Å². The first-order chi connectivity index (χ1) is 10.2. The Morgan fingerprint density at radius 1 is 1.24 bits per heavy atom. The number of nitrogens with zero attached hydrogens (tertiary/aromatic N) is 2. The van der Waals surface area contributed by atoms with Crippen molar-refractivity contribution in [3.8, 4) is 0 Å². The van der Waals surface area contributed by atoms with E-state index >= 15 is 0 Å². The summed E-state index contributed by atoms with van der Waals surface area (Å²) in [6.45, 7) is 3.59. The highest BCUT2D eigenvalue weighted by molar-refractivity contribution is 9.10. The number of rotatable bonds is 10. The molecule has 0 saturated heterocycles. The monoisotopic (exact) mass is 356 g/mol. The molecule has 21 heavy (non-hydrogen) atoms. The Morgan fingerprint density at radius 2 is 1.95 bits per heavy atom. The summed E-state index contributed by atoms with van der Waals surface area (Å²) in [7, 11) is 0. The van der Waals surface area contributed by atoms with Crippen LogP contribution in [0.2, 0.25) is 0 Å². The average Bonchev–Trinajstić information content (AvgIpc) is 2.50. The maximum Gasteiger partial charge on any atom is 0.273 e. The fourth-order valence-electron chi connectivity index (χ4n) is 2.18. The van der Waals surface area contributed by atoms with E-state index in [2.05, 4.69) is 27.8 Å². The SMILES string of the molecule is CCCCCCCN(CCCO)C(=O)c1ncccc1Br. The van der Waals surface area contributed by atoms with Gasteiger partial charge in [-0.1, -0.05) is 32.6 Å². The molecule has 4 nitrogen and oxygen atoms in total. The van der Waals surface area contributed by atoms with Crippen molar-refractivity contribution in [2.24, 2.45) is 0 Å². The van der Waals surface area contributed by atoms with Crippen molar-refractivity contribution in [1.29, 1.82) is 0 Å². The van der Waals surface area contributed by atoms with Crippen molar-refractivity contribution >= 4 is 21.8 Å². The van der Waals surface area contributed by atoms with Gasteiger partial charge in [0.05, 0.1) is 0 Å². The number of hydrogen-bond donors (Lipinski definition) is 1. The maximum atomic E-state index is 12.5. The summed E-state index contributed by atoms with van der Waals surface area (Å²) in [5.74, 6) is -0.0635. The van der Waals surface area contributed by atoms with Crippen molar-refractivity contribution in [2.45, 2.75) is 45.4 Å². The van der Waals surface area contributed by atoms with Gasteiger partial charge in [0.15, 0.2) is 0 Å². The highest BCUT2D eigenvalue weighted by Gasteiger charge is 2.18. The number of aliphatic hydroxyl groups excluding tert-OH is 1. The third kappa shape index (κ3) is 6.57. The standard InChI is InChI=1S/C16H25BrN2O2/c1-2-3-4-5-6-11-19(12-8-13-20)16(21)15-14(17)9-7-10-18-15/h7,9-10,20H,2-6,8,11-13H2,1H3. The Bertz CT molecular complexity index is 426. The van der Waals surface area contributed by atoms with E-state index in [0.717, 1.165) is 23.9 Å². The van der Waals surface area contributed by atoms with Gasteiger partial charge < -0.3 is 10.0 Å². The Balaban J connectivity index is 2.59. The van der Waals surface area contributed by atoms with E-state index in [1.807, 2.05) is 6.07 Å². The Hall–Kier alpha value is -0.940. The molecule has 0 aliphatic rings. The van der Waals surface area contributed by atoms with Crippen LogP contribution < -0.4 is 0 Å². The van der Waals surface area contributed by atoms with E-state index in [1.54, 1.807) is 17.2 Å². The van der Waals surface area contributed by atoms with Crippen LogP contribution in [0.5, 0.6) is 0 Å². The van der Waals surface area contributed by atoms with Crippen LogP contribution in [-0.4, -0.2) is 40.6 Å². The molecule has 0 fully saturated rings. The van der Waals surface area contributed by atoms with Crippen LogP contribution in [0.1, 0.15) is 55.9 Å². The highest BCUT2D eigenvalue weighted by atomic mass is 79.9. The first-order valence-electron chi connectivity index (χ1n) is 7.71. The Kier molecular flexibility index (Phi) is 9.26. The topological polar surface area (TPSA) is 53.4 Å². The summed E-state index contributed by atoms with van der Waals surface area (Å²) >= 11 is 3.38. The van der Waals surface area contributed by atoms with Gasteiger partial charge >= 0.3 is 0 Å². The summed E-state index contributed by atoms with van der Waals surface area (Å²) in [6.07, 6.45) is 8.05. The smallest absolute Gasteiger partial charge is 0.273 e. The van der Waals surface area contributed by atoms with Crippen LogP contribution in [0.4, 0.5) is 0 Å². The molecule has 0 aliphatic heterocycles. The van der Waals surface area contributed by atoms with E-state index in [-0.39, 0.29) is 12.5 Å². The van der Waals surface area contributed by atoms with Crippen LogP contribution in [0, 0.1) is 0 Å². The van der Waals surface area contributed by atoms with Gasteiger partial charge in [-0.2, -0.15) is 0 Å². The summed E-state index contributed by atoms with van der Waals surface area (Å²) in [5, 5.41) is 9.00. The van der Waals surface area contributed by atoms with Crippen LogP contribution in [0.15, 0.2) is 22.8 Å². The van der Waals surface area contributed by atoms with Crippen molar-refractivity contribution in [3.63, 3.8) is 0 Å². The van der Waals surface area contributed by atoms with Gasteiger partial charge in [-0.25, -0.2) is 4.98 Å². The number of pyridine rings is 1. The van der Waals surface area contributed by atoms with Crippen LogP contribution in [-0.2, 0) is 0 Å². The van der Waals surface area contributed by atoms with Crippen molar-refractivity contribution in [3.05, 3.63) is 28.5 Å². The molecule has 1 rings (SSSR count). The predicted octanol–water partition coefficient (Wildman–Crippen LogP) is 3.64. The van der Waals surface area contributed by atoms with Crippen molar-refractivity contribution in [2.75, 3.05) is 19.7 Å². The Morgan fingerprint density at radius 3 is 2.62 bits per heavy atom. The summed E-state index contributed by atoms with van der Waals surface area (Å²) in [5.41, 5.74) is 0.448. The van der Waals surface area contributed by atoms with E-state index in [9.17, 15) is 4.79 Å². The van der Waals surface area contributed by atoms with Crippen molar-refractivity contribution < 1.29 is 9.90 Å². The molecule has 0 spiro atoms. The third-order valence-corrected chi connectivity index (χ3v) is 4.01. The van der Waals surface area contributed by atoms with Crippen LogP contribution in [0.25, 0.3) is 0 Å². The van der Waals surface area contributed by atoms with Crippen molar-refractivity contribution in [1.82, 2.24) is 9.88 Å².